The van der Waals surface area contributed by atoms with Crippen LogP contribution in [0.1, 0.15) is 251 Å². The van der Waals surface area contributed by atoms with Gasteiger partial charge in [0.15, 0.2) is 0 Å². The van der Waals surface area contributed by atoms with E-state index < -0.39 is 18.2 Å². The van der Waals surface area contributed by atoms with Crippen LogP contribution in [0.3, 0.4) is 0 Å². The summed E-state index contributed by atoms with van der Waals surface area (Å²) in [6.07, 6.45) is 57.4. The zero-order chi connectivity index (χ0) is 40.1. The monoisotopic (exact) mass is 774 g/mol. The average molecular weight is 774 g/mol. The van der Waals surface area contributed by atoms with Crippen LogP contribution in [-0.4, -0.2) is 46.1 Å². The van der Waals surface area contributed by atoms with E-state index in [0.717, 1.165) is 38.5 Å². The normalized spacial score (nSPS) is 13.8. The van der Waals surface area contributed by atoms with Crippen molar-refractivity contribution in [3.8, 4) is 0 Å². The van der Waals surface area contributed by atoms with Gasteiger partial charge in [-0.1, -0.05) is 237 Å². The molecule has 0 aromatic carbocycles. The highest BCUT2D eigenvalue weighted by Gasteiger charge is 2.20. The van der Waals surface area contributed by atoms with E-state index in [1.807, 2.05) is 6.08 Å². The Labute approximate surface area is 343 Å². The van der Waals surface area contributed by atoms with Crippen LogP contribution in [0.2, 0.25) is 0 Å². The van der Waals surface area contributed by atoms with Gasteiger partial charge < -0.3 is 20.6 Å². The molecule has 55 heavy (non-hydrogen) atoms. The second kappa shape index (κ2) is 45.3. The fourth-order valence-electron chi connectivity index (χ4n) is 7.43. The minimum Gasteiger partial charge on any atom is -0.394 e. The number of amides is 1. The maximum atomic E-state index is 12.5. The van der Waals surface area contributed by atoms with Gasteiger partial charge >= 0.3 is 0 Å². The van der Waals surface area contributed by atoms with Crippen molar-refractivity contribution in [3.63, 3.8) is 0 Å². The Bertz CT molecular complexity index is 855. The van der Waals surface area contributed by atoms with Crippen molar-refractivity contribution in [3.05, 3.63) is 36.5 Å². The summed E-state index contributed by atoms with van der Waals surface area (Å²) in [5.74, 6) is -0.327. The second-order valence-electron chi connectivity index (χ2n) is 16.7. The molecule has 0 aliphatic heterocycles. The predicted molar refractivity (Wildman–Crippen MR) is 241 cm³/mol. The predicted octanol–water partition coefficient (Wildman–Crippen LogP) is 14.3. The zero-order valence-corrected chi connectivity index (χ0v) is 36.8. The van der Waals surface area contributed by atoms with Gasteiger partial charge in [-0.25, -0.2) is 0 Å². The van der Waals surface area contributed by atoms with Crippen molar-refractivity contribution >= 4 is 5.91 Å². The Hall–Kier alpha value is -1.43. The number of allylic oxidation sites excluding steroid dienone is 5. The molecule has 0 rings (SSSR count). The summed E-state index contributed by atoms with van der Waals surface area (Å²) in [4.78, 5) is 12.5. The Morgan fingerprint density at radius 1 is 0.455 bits per heavy atom. The first-order chi connectivity index (χ1) is 27.0. The number of nitrogens with one attached hydrogen (secondary N) is 1. The van der Waals surface area contributed by atoms with E-state index in [9.17, 15) is 20.1 Å². The summed E-state index contributed by atoms with van der Waals surface area (Å²) in [6, 6.07) is -0.765. The van der Waals surface area contributed by atoms with E-state index in [0.29, 0.717) is 6.42 Å². The highest BCUT2D eigenvalue weighted by Crippen LogP contribution is 2.17. The first-order valence-electron chi connectivity index (χ1n) is 24.3. The molecule has 1 amide bonds. The third-order valence-electron chi connectivity index (χ3n) is 11.2. The average Bonchev–Trinajstić information content (AvgIpc) is 3.18. The summed E-state index contributed by atoms with van der Waals surface area (Å²) >= 11 is 0. The van der Waals surface area contributed by atoms with Crippen LogP contribution < -0.4 is 5.32 Å². The van der Waals surface area contributed by atoms with Gasteiger partial charge in [0, 0.05) is 0 Å². The number of aliphatic hydroxyl groups is 3. The van der Waals surface area contributed by atoms with E-state index in [-0.39, 0.29) is 18.9 Å². The quantitative estimate of drug-likeness (QED) is 0.0367. The molecule has 3 atom stereocenters. The highest BCUT2D eigenvalue weighted by molar-refractivity contribution is 5.76. The molecule has 0 radical (unpaired) electrons. The molecule has 0 fully saturated rings. The molecule has 324 valence electrons. The number of unbranched alkanes of at least 4 members (excludes halogenated alkanes) is 31. The Morgan fingerprint density at radius 2 is 0.782 bits per heavy atom. The molecule has 0 saturated carbocycles. The maximum absolute atomic E-state index is 12.5. The Morgan fingerprint density at radius 3 is 1.16 bits per heavy atom. The number of carbonyl (C=O) groups is 1. The fraction of sp³-hybridized carbons (Fsp3) is 0.860. The molecule has 0 heterocycles. The zero-order valence-electron chi connectivity index (χ0n) is 36.8. The number of rotatable bonds is 44. The molecule has 0 aromatic heterocycles. The van der Waals surface area contributed by atoms with Crippen LogP contribution in [0.5, 0.6) is 0 Å². The summed E-state index contributed by atoms with van der Waals surface area (Å²) in [7, 11) is 0. The van der Waals surface area contributed by atoms with Crippen molar-refractivity contribution in [1.82, 2.24) is 5.32 Å². The molecule has 0 bridgehead atoms. The van der Waals surface area contributed by atoms with E-state index in [4.69, 9.17) is 0 Å². The lowest BCUT2D eigenvalue weighted by Crippen LogP contribution is -2.45. The number of hydrogen-bond acceptors (Lipinski definition) is 4. The summed E-state index contributed by atoms with van der Waals surface area (Å²) in [5, 5.41) is 33.2. The van der Waals surface area contributed by atoms with E-state index >= 15 is 0 Å². The third-order valence-corrected chi connectivity index (χ3v) is 11.2. The molecule has 0 saturated heterocycles. The summed E-state index contributed by atoms with van der Waals surface area (Å²) in [6.45, 7) is 4.20. The van der Waals surface area contributed by atoms with Gasteiger partial charge in [0.05, 0.1) is 31.3 Å². The number of aliphatic hydroxyl groups excluding tert-OH is 3. The number of carbonyl (C=O) groups excluding carboxylic acids is 1. The van der Waals surface area contributed by atoms with Crippen molar-refractivity contribution < 1.29 is 20.1 Å². The largest absolute Gasteiger partial charge is 0.394 e. The molecule has 3 unspecified atom stereocenters. The molecule has 0 aliphatic rings. The van der Waals surface area contributed by atoms with Crippen LogP contribution in [0.25, 0.3) is 0 Å². The van der Waals surface area contributed by atoms with Crippen LogP contribution in [0, 0.1) is 0 Å². The van der Waals surface area contributed by atoms with Crippen LogP contribution in [0.4, 0.5) is 0 Å². The molecule has 5 nitrogen and oxygen atoms in total. The standard InChI is InChI=1S/C50H95NO4/c1-3-5-7-9-11-13-15-17-19-20-21-22-23-24-25-26-27-28-30-31-33-35-37-39-41-43-47(53)45-50(55)51-48(46-52)49(54)44-42-40-38-36-34-32-29-18-16-14-12-10-8-6-4-2/h16,18,34,36,42,44,47-49,52-54H,3-15,17,19-33,35,37-41,43,45-46H2,1-2H3,(H,51,55)/b18-16+,36-34+,44-42+. The van der Waals surface area contributed by atoms with Gasteiger partial charge in [-0.2, -0.15) is 0 Å². The number of hydrogen-bond donors (Lipinski definition) is 4. The van der Waals surface area contributed by atoms with Gasteiger partial charge in [-0.3, -0.25) is 4.79 Å². The van der Waals surface area contributed by atoms with E-state index in [1.165, 1.54) is 186 Å². The SMILES string of the molecule is CCCCCCC/C=C/CC/C=C/CC/C=C/C(O)C(CO)NC(=O)CC(O)CCCCCCCCCCCCCCCCCCCCCCCCCCC. The van der Waals surface area contributed by atoms with Crippen LogP contribution >= 0.6 is 0 Å². The molecular weight excluding hydrogens is 679 g/mol. The molecule has 0 aliphatic carbocycles. The van der Waals surface area contributed by atoms with Crippen molar-refractivity contribution in [2.45, 2.75) is 270 Å². The smallest absolute Gasteiger partial charge is 0.222 e. The first-order valence-corrected chi connectivity index (χ1v) is 24.3. The van der Waals surface area contributed by atoms with Gasteiger partial charge in [0.25, 0.3) is 0 Å². The van der Waals surface area contributed by atoms with E-state index in [2.05, 4.69) is 43.5 Å². The van der Waals surface area contributed by atoms with Gasteiger partial charge in [-0.05, 0) is 44.9 Å². The molecule has 4 N–H and O–H groups in total. The molecule has 0 spiro atoms. The Balaban J connectivity index is 3.60. The van der Waals surface area contributed by atoms with Crippen molar-refractivity contribution in [2.24, 2.45) is 0 Å². The maximum Gasteiger partial charge on any atom is 0.222 e. The lowest BCUT2D eigenvalue weighted by atomic mass is 10.0. The minimum absolute atomic E-state index is 0.00524. The van der Waals surface area contributed by atoms with Crippen LogP contribution in [-0.2, 0) is 4.79 Å². The molecule has 0 aromatic rings. The topological polar surface area (TPSA) is 89.8 Å². The molecular formula is C50H95NO4. The van der Waals surface area contributed by atoms with Gasteiger partial charge in [0.1, 0.15) is 0 Å². The first kappa shape index (κ1) is 53.6. The van der Waals surface area contributed by atoms with Crippen molar-refractivity contribution in [1.29, 1.82) is 0 Å². The lowest BCUT2D eigenvalue weighted by molar-refractivity contribution is -0.124. The Kier molecular flexibility index (Phi) is 44.1. The third kappa shape index (κ3) is 42.0. The lowest BCUT2D eigenvalue weighted by Gasteiger charge is -2.21. The minimum atomic E-state index is -0.957. The molecule has 5 heteroatoms. The van der Waals surface area contributed by atoms with Gasteiger partial charge in [-0.15, -0.1) is 0 Å². The van der Waals surface area contributed by atoms with E-state index in [1.54, 1.807) is 6.08 Å². The fourth-order valence-corrected chi connectivity index (χ4v) is 7.43. The van der Waals surface area contributed by atoms with Gasteiger partial charge in [0.2, 0.25) is 5.91 Å². The highest BCUT2D eigenvalue weighted by atomic mass is 16.3. The van der Waals surface area contributed by atoms with Crippen LogP contribution in [0.15, 0.2) is 36.5 Å². The summed E-state index contributed by atoms with van der Waals surface area (Å²) < 4.78 is 0. The van der Waals surface area contributed by atoms with Crippen molar-refractivity contribution in [2.75, 3.05) is 6.61 Å². The second-order valence-corrected chi connectivity index (χ2v) is 16.7. The summed E-state index contributed by atoms with van der Waals surface area (Å²) in [5.41, 5.74) is 0.